The Hall–Kier alpha value is -2.39. The number of guanidine groups is 1. The summed E-state index contributed by atoms with van der Waals surface area (Å²) in [5.41, 5.74) is 4.41. The summed E-state index contributed by atoms with van der Waals surface area (Å²) in [7, 11) is 1.81. The molecule has 33 heavy (non-hydrogen) atoms. The van der Waals surface area contributed by atoms with Crippen molar-refractivity contribution in [3.63, 3.8) is 0 Å². The second-order valence-corrected chi connectivity index (χ2v) is 8.24. The maximum Gasteiger partial charge on any atom is 0.251 e. The standard InChI is InChI=1S/C26H32N4O2.HI/c1-27-26(30-14-12-22(13-15-30)21-8-3-2-4-9-21)29-18-20-7-5-10-23(17-20)25(31)28-19-24-11-6-16-32-24;/h2-5,7-10,12,17,24H,6,11,13-16,18-19H2,1H3,(H,27,29)(H,28,31);1H. The van der Waals surface area contributed by atoms with E-state index in [4.69, 9.17) is 4.74 Å². The van der Waals surface area contributed by atoms with Gasteiger partial charge in [0.25, 0.3) is 5.91 Å². The van der Waals surface area contributed by atoms with Crippen LogP contribution in [0.1, 0.15) is 40.7 Å². The molecule has 0 aliphatic carbocycles. The van der Waals surface area contributed by atoms with Gasteiger partial charge in [-0.1, -0.05) is 48.5 Å². The number of benzene rings is 2. The first-order chi connectivity index (χ1) is 15.7. The minimum Gasteiger partial charge on any atom is -0.376 e. The Morgan fingerprint density at radius 3 is 2.70 bits per heavy atom. The average Bonchev–Trinajstić information content (AvgIpc) is 3.38. The molecule has 2 aromatic rings. The van der Waals surface area contributed by atoms with Gasteiger partial charge in [-0.05, 0) is 48.1 Å². The van der Waals surface area contributed by atoms with Crippen molar-refractivity contribution in [3.05, 3.63) is 77.4 Å². The number of rotatable bonds is 6. The predicted molar refractivity (Wildman–Crippen MR) is 144 cm³/mol. The van der Waals surface area contributed by atoms with E-state index in [9.17, 15) is 4.79 Å². The van der Waals surface area contributed by atoms with Gasteiger partial charge in [0.2, 0.25) is 0 Å². The third-order valence-electron chi connectivity index (χ3n) is 6.02. The average molecular weight is 560 g/mol. The van der Waals surface area contributed by atoms with Crippen molar-refractivity contribution >= 4 is 41.4 Å². The van der Waals surface area contributed by atoms with Crippen LogP contribution in [0.25, 0.3) is 5.57 Å². The molecule has 1 unspecified atom stereocenters. The number of ether oxygens (including phenoxy) is 1. The van der Waals surface area contributed by atoms with Crippen LogP contribution in [0, 0.1) is 0 Å². The number of amides is 1. The fraction of sp³-hybridized carbons (Fsp3) is 0.385. The molecule has 0 bridgehead atoms. The van der Waals surface area contributed by atoms with Crippen LogP contribution < -0.4 is 10.6 Å². The quantitative estimate of drug-likeness (QED) is 0.318. The van der Waals surface area contributed by atoms with E-state index in [2.05, 4.69) is 50.9 Å². The molecule has 7 heteroatoms. The van der Waals surface area contributed by atoms with Crippen LogP contribution in [-0.4, -0.2) is 56.2 Å². The van der Waals surface area contributed by atoms with Crippen molar-refractivity contribution in [2.24, 2.45) is 4.99 Å². The third kappa shape index (κ3) is 7.04. The summed E-state index contributed by atoms with van der Waals surface area (Å²) in [5, 5.41) is 6.44. The van der Waals surface area contributed by atoms with Crippen LogP contribution in [0.3, 0.4) is 0 Å². The van der Waals surface area contributed by atoms with E-state index in [1.165, 1.54) is 11.1 Å². The summed E-state index contributed by atoms with van der Waals surface area (Å²) >= 11 is 0. The van der Waals surface area contributed by atoms with Crippen molar-refractivity contribution < 1.29 is 9.53 Å². The smallest absolute Gasteiger partial charge is 0.251 e. The maximum absolute atomic E-state index is 12.5. The van der Waals surface area contributed by atoms with E-state index < -0.39 is 0 Å². The molecule has 1 saturated heterocycles. The summed E-state index contributed by atoms with van der Waals surface area (Å²) in [6.07, 6.45) is 5.51. The Labute approximate surface area is 213 Å². The Morgan fingerprint density at radius 2 is 2.00 bits per heavy atom. The molecule has 0 spiro atoms. The highest BCUT2D eigenvalue weighted by atomic mass is 127. The van der Waals surface area contributed by atoms with Crippen LogP contribution in [-0.2, 0) is 11.3 Å². The largest absolute Gasteiger partial charge is 0.376 e. The zero-order chi connectivity index (χ0) is 22.2. The van der Waals surface area contributed by atoms with Gasteiger partial charge in [-0.25, -0.2) is 0 Å². The zero-order valence-corrected chi connectivity index (χ0v) is 21.5. The van der Waals surface area contributed by atoms with Gasteiger partial charge >= 0.3 is 0 Å². The highest BCUT2D eigenvalue weighted by Gasteiger charge is 2.18. The van der Waals surface area contributed by atoms with Gasteiger partial charge in [0.1, 0.15) is 0 Å². The van der Waals surface area contributed by atoms with Crippen molar-refractivity contribution in [2.45, 2.75) is 31.9 Å². The second kappa shape index (κ2) is 12.7. The number of nitrogens with one attached hydrogen (secondary N) is 2. The summed E-state index contributed by atoms with van der Waals surface area (Å²) in [5.74, 6) is 0.822. The lowest BCUT2D eigenvalue weighted by Gasteiger charge is -2.30. The number of carbonyl (C=O) groups is 1. The van der Waals surface area contributed by atoms with Crippen molar-refractivity contribution in [2.75, 3.05) is 33.3 Å². The third-order valence-corrected chi connectivity index (χ3v) is 6.02. The van der Waals surface area contributed by atoms with Gasteiger partial charge in [0, 0.05) is 45.4 Å². The molecule has 2 heterocycles. The highest BCUT2D eigenvalue weighted by molar-refractivity contribution is 14.0. The van der Waals surface area contributed by atoms with Crippen molar-refractivity contribution in [1.29, 1.82) is 0 Å². The molecule has 6 nitrogen and oxygen atoms in total. The highest BCUT2D eigenvalue weighted by Crippen LogP contribution is 2.22. The molecule has 2 N–H and O–H groups in total. The van der Waals surface area contributed by atoms with Gasteiger partial charge < -0.3 is 20.3 Å². The predicted octanol–water partition coefficient (Wildman–Crippen LogP) is 4.08. The molecular formula is C26H33IN4O2. The SMILES string of the molecule is CN=C(NCc1cccc(C(=O)NCC2CCCO2)c1)N1CC=C(c2ccccc2)CC1.I. The first-order valence-corrected chi connectivity index (χ1v) is 11.4. The first-order valence-electron chi connectivity index (χ1n) is 11.4. The van der Waals surface area contributed by atoms with Gasteiger partial charge in [-0.15, -0.1) is 24.0 Å². The van der Waals surface area contributed by atoms with E-state index in [1.807, 2.05) is 37.4 Å². The Bertz CT molecular complexity index is 971. The Balaban J connectivity index is 0.00000306. The minimum absolute atomic E-state index is 0. The number of nitrogens with zero attached hydrogens (tertiary/aromatic N) is 2. The molecule has 0 saturated carbocycles. The lowest BCUT2D eigenvalue weighted by atomic mass is 10.00. The van der Waals surface area contributed by atoms with Gasteiger partial charge in [0.15, 0.2) is 5.96 Å². The fourth-order valence-electron chi connectivity index (χ4n) is 4.23. The fourth-order valence-corrected chi connectivity index (χ4v) is 4.23. The molecular weight excluding hydrogens is 527 g/mol. The molecule has 2 aliphatic rings. The van der Waals surface area contributed by atoms with E-state index in [-0.39, 0.29) is 36.0 Å². The maximum atomic E-state index is 12.5. The second-order valence-electron chi connectivity index (χ2n) is 8.24. The minimum atomic E-state index is -0.0543. The van der Waals surface area contributed by atoms with E-state index in [0.29, 0.717) is 18.7 Å². The molecule has 1 fully saturated rings. The lowest BCUT2D eigenvalue weighted by molar-refractivity contribution is 0.0857. The van der Waals surface area contributed by atoms with Gasteiger partial charge in [-0.3, -0.25) is 9.79 Å². The topological polar surface area (TPSA) is 66.0 Å². The normalized spacial score (nSPS) is 18.3. The summed E-state index contributed by atoms with van der Waals surface area (Å²) in [6.45, 7) is 3.73. The number of hydrogen-bond donors (Lipinski definition) is 2. The van der Waals surface area contributed by atoms with Crippen LogP contribution in [0.15, 0.2) is 65.7 Å². The van der Waals surface area contributed by atoms with Crippen LogP contribution >= 0.6 is 24.0 Å². The number of carbonyl (C=O) groups excluding carboxylic acids is 1. The van der Waals surface area contributed by atoms with Gasteiger partial charge in [-0.2, -0.15) is 0 Å². The van der Waals surface area contributed by atoms with E-state index >= 15 is 0 Å². The first kappa shape index (κ1) is 25.2. The number of aliphatic imine (C=N–C) groups is 1. The van der Waals surface area contributed by atoms with Gasteiger partial charge in [0.05, 0.1) is 6.10 Å². The molecule has 176 valence electrons. The molecule has 1 atom stereocenters. The molecule has 4 rings (SSSR count). The molecule has 0 aromatic heterocycles. The van der Waals surface area contributed by atoms with Crippen LogP contribution in [0.4, 0.5) is 0 Å². The molecule has 2 aromatic carbocycles. The van der Waals surface area contributed by atoms with E-state index in [1.54, 1.807) is 0 Å². The summed E-state index contributed by atoms with van der Waals surface area (Å²) < 4.78 is 5.58. The van der Waals surface area contributed by atoms with Crippen LogP contribution in [0.5, 0.6) is 0 Å². The Kier molecular flexibility index (Phi) is 9.75. The summed E-state index contributed by atoms with van der Waals surface area (Å²) in [6, 6.07) is 18.3. The Morgan fingerprint density at radius 1 is 1.15 bits per heavy atom. The van der Waals surface area contributed by atoms with Crippen molar-refractivity contribution in [3.8, 4) is 0 Å². The summed E-state index contributed by atoms with van der Waals surface area (Å²) in [4.78, 5) is 19.2. The monoisotopic (exact) mass is 560 g/mol. The lowest BCUT2D eigenvalue weighted by Crippen LogP contribution is -2.43. The van der Waals surface area contributed by atoms with E-state index in [0.717, 1.165) is 50.5 Å². The number of hydrogen-bond acceptors (Lipinski definition) is 3. The molecule has 1 amide bonds. The number of halogens is 1. The zero-order valence-electron chi connectivity index (χ0n) is 19.1. The van der Waals surface area contributed by atoms with Crippen molar-refractivity contribution in [1.82, 2.24) is 15.5 Å². The molecule has 0 radical (unpaired) electrons. The van der Waals surface area contributed by atoms with Crippen LogP contribution in [0.2, 0.25) is 0 Å². The molecule has 2 aliphatic heterocycles.